The Balaban J connectivity index is 2.07. The third kappa shape index (κ3) is 3.82. The summed E-state index contributed by atoms with van der Waals surface area (Å²) in [5, 5.41) is 0. The standard InChI is InChI=1S/C18H18O2/c1-14-6-3-4-8-18(14)17-11-9-16(10-12-17)7-5-13-20-15(2)19/h3-12H,13H2,1-2H3. The number of hydrogen-bond donors (Lipinski definition) is 0. The van der Waals surface area contributed by atoms with Crippen LogP contribution in [0.1, 0.15) is 18.1 Å². The van der Waals surface area contributed by atoms with Crippen LogP contribution in [0.2, 0.25) is 0 Å². The Morgan fingerprint density at radius 1 is 1.10 bits per heavy atom. The predicted molar refractivity (Wildman–Crippen MR) is 82.3 cm³/mol. The molecule has 0 spiro atoms. The third-order valence-electron chi connectivity index (χ3n) is 3.06. The van der Waals surface area contributed by atoms with E-state index in [4.69, 9.17) is 4.74 Å². The molecule has 0 radical (unpaired) electrons. The maximum absolute atomic E-state index is 10.6. The van der Waals surface area contributed by atoms with Crippen molar-refractivity contribution in [1.82, 2.24) is 0 Å². The lowest BCUT2D eigenvalue weighted by molar-refractivity contribution is -0.139. The number of rotatable bonds is 4. The largest absolute Gasteiger partial charge is 0.462 e. The van der Waals surface area contributed by atoms with E-state index in [1.807, 2.05) is 18.2 Å². The number of benzene rings is 2. The van der Waals surface area contributed by atoms with Crippen LogP contribution in [0.25, 0.3) is 17.2 Å². The van der Waals surface area contributed by atoms with Crippen molar-refractivity contribution in [2.45, 2.75) is 13.8 Å². The van der Waals surface area contributed by atoms with Gasteiger partial charge >= 0.3 is 5.97 Å². The third-order valence-corrected chi connectivity index (χ3v) is 3.06. The summed E-state index contributed by atoms with van der Waals surface area (Å²) in [5.74, 6) is -0.260. The van der Waals surface area contributed by atoms with E-state index in [0.29, 0.717) is 6.61 Å². The molecule has 2 rings (SSSR count). The molecule has 0 bridgehead atoms. The van der Waals surface area contributed by atoms with Crippen LogP contribution >= 0.6 is 0 Å². The molecule has 0 N–H and O–H groups in total. The van der Waals surface area contributed by atoms with Crippen LogP contribution in [0.3, 0.4) is 0 Å². The number of hydrogen-bond acceptors (Lipinski definition) is 2. The van der Waals surface area contributed by atoms with Gasteiger partial charge in [-0.05, 0) is 35.3 Å². The zero-order valence-corrected chi connectivity index (χ0v) is 11.8. The van der Waals surface area contributed by atoms with Crippen LogP contribution in [-0.2, 0) is 9.53 Å². The fraction of sp³-hybridized carbons (Fsp3) is 0.167. The second kappa shape index (κ2) is 6.71. The molecule has 2 aromatic rings. The zero-order valence-electron chi connectivity index (χ0n) is 11.8. The molecule has 0 saturated heterocycles. The molecule has 0 saturated carbocycles. The van der Waals surface area contributed by atoms with E-state index < -0.39 is 0 Å². The number of carbonyl (C=O) groups excluding carboxylic acids is 1. The fourth-order valence-electron chi connectivity index (χ4n) is 2.02. The van der Waals surface area contributed by atoms with Crippen LogP contribution < -0.4 is 0 Å². The number of ether oxygens (including phenoxy) is 1. The second-order valence-electron chi connectivity index (χ2n) is 4.64. The summed E-state index contributed by atoms with van der Waals surface area (Å²) in [5.41, 5.74) is 4.82. The molecular formula is C18H18O2. The molecule has 0 atom stereocenters. The first-order valence-electron chi connectivity index (χ1n) is 6.63. The second-order valence-corrected chi connectivity index (χ2v) is 4.64. The molecule has 0 aliphatic rings. The molecule has 0 unspecified atom stereocenters. The Hall–Kier alpha value is -2.35. The van der Waals surface area contributed by atoms with Gasteiger partial charge in [0.15, 0.2) is 0 Å². The normalized spacial score (nSPS) is 10.7. The Labute approximate surface area is 119 Å². The Kier molecular flexibility index (Phi) is 4.72. The van der Waals surface area contributed by atoms with Crippen LogP contribution in [0.15, 0.2) is 54.6 Å². The van der Waals surface area contributed by atoms with Gasteiger partial charge in [0.05, 0.1) is 0 Å². The summed E-state index contributed by atoms with van der Waals surface area (Å²) in [6.45, 7) is 3.84. The van der Waals surface area contributed by atoms with Crippen LogP contribution in [0, 0.1) is 6.92 Å². The molecule has 2 heteroatoms. The summed E-state index contributed by atoms with van der Waals surface area (Å²) in [6, 6.07) is 16.7. The van der Waals surface area contributed by atoms with Gasteiger partial charge in [0.25, 0.3) is 0 Å². The highest BCUT2D eigenvalue weighted by atomic mass is 16.5. The van der Waals surface area contributed by atoms with E-state index in [1.165, 1.54) is 23.6 Å². The monoisotopic (exact) mass is 266 g/mol. The van der Waals surface area contributed by atoms with E-state index in [1.54, 1.807) is 0 Å². The highest BCUT2D eigenvalue weighted by molar-refractivity contribution is 5.69. The average Bonchev–Trinajstić information content (AvgIpc) is 2.45. The van der Waals surface area contributed by atoms with Crippen molar-refractivity contribution < 1.29 is 9.53 Å². The Morgan fingerprint density at radius 3 is 2.45 bits per heavy atom. The number of carbonyl (C=O) groups is 1. The molecule has 0 heterocycles. The minimum absolute atomic E-state index is 0.260. The van der Waals surface area contributed by atoms with Crippen molar-refractivity contribution in [2.75, 3.05) is 6.61 Å². The fourth-order valence-corrected chi connectivity index (χ4v) is 2.02. The summed E-state index contributed by atoms with van der Waals surface area (Å²) >= 11 is 0. The van der Waals surface area contributed by atoms with E-state index in [9.17, 15) is 4.79 Å². The quantitative estimate of drug-likeness (QED) is 0.774. The number of esters is 1. The minimum Gasteiger partial charge on any atom is -0.462 e. The van der Waals surface area contributed by atoms with E-state index >= 15 is 0 Å². The minimum atomic E-state index is -0.260. The molecule has 2 aromatic carbocycles. The van der Waals surface area contributed by atoms with Gasteiger partial charge in [-0.2, -0.15) is 0 Å². The summed E-state index contributed by atoms with van der Waals surface area (Å²) in [7, 11) is 0. The molecule has 0 amide bonds. The van der Waals surface area contributed by atoms with Gasteiger partial charge in [-0.1, -0.05) is 54.6 Å². The van der Waals surface area contributed by atoms with Crippen molar-refractivity contribution in [3.8, 4) is 11.1 Å². The molecular weight excluding hydrogens is 248 g/mol. The van der Waals surface area contributed by atoms with Crippen molar-refractivity contribution in [3.63, 3.8) is 0 Å². The van der Waals surface area contributed by atoms with Gasteiger partial charge in [0, 0.05) is 6.92 Å². The lowest BCUT2D eigenvalue weighted by Crippen LogP contribution is -1.97. The molecule has 0 aromatic heterocycles. The molecule has 0 aliphatic carbocycles. The topological polar surface area (TPSA) is 26.3 Å². The summed E-state index contributed by atoms with van der Waals surface area (Å²) in [4.78, 5) is 10.6. The first-order valence-corrected chi connectivity index (χ1v) is 6.63. The van der Waals surface area contributed by atoms with Crippen molar-refractivity contribution in [3.05, 3.63) is 65.7 Å². The van der Waals surface area contributed by atoms with Crippen LogP contribution in [0.5, 0.6) is 0 Å². The van der Waals surface area contributed by atoms with E-state index in [-0.39, 0.29) is 5.97 Å². The van der Waals surface area contributed by atoms with Gasteiger partial charge in [0.2, 0.25) is 0 Å². The smallest absolute Gasteiger partial charge is 0.302 e. The zero-order chi connectivity index (χ0) is 14.4. The predicted octanol–water partition coefficient (Wildman–Crippen LogP) is 4.24. The van der Waals surface area contributed by atoms with Crippen LogP contribution in [-0.4, -0.2) is 12.6 Å². The maximum atomic E-state index is 10.6. The Morgan fingerprint density at radius 2 is 1.80 bits per heavy atom. The molecule has 0 fully saturated rings. The van der Waals surface area contributed by atoms with Crippen molar-refractivity contribution >= 4 is 12.0 Å². The maximum Gasteiger partial charge on any atom is 0.302 e. The van der Waals surface area contributed by atoms with Gasteiger partial charge in [0.1, 0.15) is 6.61 Å². The SMILES string of the molecule is CC(=O)OCC=Cc1ccc(-c2ccccc2C)cc1. The molecule has 102 valence electrons. The van der Waals surface area contributed by atoms with Crippen LogP contribution in [0.4, 0.5) is 0 Å². The molecule has 0 aliphatic heterocycles. The van der Waals surface area contributed by atoms with E-state index in [2.05, 4.69) is 49.4 Å². The summed E-state index contributed by atoms with van der Waals surface area (Å²) < 4.78 is 4.85. The van der Waals surface area contributed by atoms with Gasteiger partial charge in [-0.15, -0.1) is 0 Å². The molecule has 20 heavy (non-hydrogen) atoms. The van der Waals surface area contributed by atoms with Gasteiger partial charge < -0.3 is 4.74 Å². The highest BCUT2D eigenvalue weighted by Crippen LogP contribution is 2.23. The number of aryl methyl sites for hydroxylation is 1. The molecule has 2 nitrogen and oxygen atoms in total. The van der Waals surface area contributed by atoms with Gasteiger partial charge in [-0.25, -0.2) is 0 Å². The Bertz CT molecular complexity index is 610. The van der Waals surface area contributed by atoms with Crippen molar-refractivity contribution in [2.24, 2.45) is 0 Å². The first kappa shape index (κ1) is 14.1. The first-order chi connectivity index (χ1) is 9.66. The average molecular weight is 266 g/mol. The van der Waals surface area contributed by atoms with E-state index in [0.717, 1.165) is 5.56 Å². The van der Waals surface area contributed by atoms with Crippen molar-refractivity contribution in [1.29, 1.82) is 0 Å². The lowest BCUT2D eigenvalue weighted by atomic mass is 9.99. The highest BCUT2D eigenvalue weighted by Gasteiger charge is 1.99. The summed E-state index contributed by atoms with van der Waals surface area (Å²) in [6.07, 6.45) is 3.79. The van der Waals surface area contributed by atoms with Gasteiger partial charge in [-0.3, -0.25) is 4.79 Å². The lowest BCUT2D eigenvalue weighted by Gasteiger charge is -2.05.